The smallest absolute Gasteiger partial charge is 0.225 e. The fourth-order valence-electron chi connectivity index (χ4n) is 2.50. The molecule has 3 rings (SSSR count). The maximum atomic E-state index is 12.8. The number of nitrogens with zero attached hydrogens (tertiary/aromatic N) is 6. The van der Waals surface area contributed by atoms with Gasteiger partial charge in [0.1, 0.15) is 5.60 Å². The van der Waals surface area contributed by atoms with Crippen LogP contribution in [0.1, 0.15) is 12.8 Å². The van der Waals surface area contributed by atoms with Gasteiger partial charge in [0.05, 0.1) is 31.7 Å². The lowest BCUT2D eigenvalue weighted by Crippen LogP contribution is -2.51. The third kappa shape index (κ3) is 2.74. The number of aromatic nitrogens is 5. The zero-order chi connectivity index (χ0) is 14.0. The number of hydrogen-bond acceptors (Lipinski definition) is 6. The first kappa shape index (κ1) is 12.9. The van der Waals surface area contributed by atoms with Crippen molar-refractivity contribution in [2.75, 3.05) is 18.0 Å². The number of hydrogen-bond donors (Lipinski definition) is 1. The van der Waals surface area contributed by atoms with E-state index < -0.39 is 11.4 Å². The summed E-state index contributed by atoms with van der Waals surface area (Å²) in [6.45, 7) is 1.49. The molecule has 0 saturated carbocycles. The maximum absolute atomic E-state index is 12.8. The Morgan fingerprint density at radius 2 is 2.15 bits per heavy atom. The molecule has 20 heavy (non-hydrogen) atoms. The van der Waals surface area contributed by atoms with Crippen molar-refractivity contribution in [3.8, 4) is 0 Å². The maximum Gasteiger partial charge on any atom is 0.225 e. The molecule has 1 aliphatic rings. The van der Waals surface area contributed by atoms with Crippen molar-refractivity contribution in [1.29, 1.82) is 0 Å². The van der Waals surface area contributed by atoms with E-state index >= 15 is 0 Å². The van der Waals surface area contributed by atoms with Crippen molar-refractivity contribution in [3.05, 3.63) is 30.6 Å². The van der Waals surface area contributed by atoms with Crippen LogP contribution in [0.5, 0.6) is 0 Å². The van der Waals surface area contributed by atoms with Gasteiger partial charge < -0.3 is 10.0 Å². The average molecular weight is 278 g/mol. The molecule has 2 aromatic heterocycles. The molecule has 0 aromatic carbocycles. The second-order valence-electron chi connectivity index (χ2n) is 5.05. The molecule has 1 atom stereocenters. The van der Waals surface area contributed by atoms with Crippen molar-refractivity contribution in [3.63, 3.8) is 0 Å². The van der Waals surface area contributed by atoms with Gasteiger partial charge in [0, 0.05) is 12.7 Å². The predicted molar refractivity (Wildman–Crippen MR) is 68.4 cm³/mol. The molecule has 0 amide bonds. The molecule has 1 unspecified atom stereocenters. The monoisotopic (exact) mass is 278 g/mol. The van der Waals surface area contributed by atoms with Crippen LogP contribution >= 0.6 is 0 Å². The largest absolute Gasteiger partial charge is 0.386 e. The van der Waals surface area contributed by atoms with E-state index in [2.05, 4.69) is 20.3 Å². The Labute approximate surface area is 115 Å². The van der Waals surface area contributed by atoms with Crippen molar-refractivity contribution < 1.29 is 9.50 Å². The third-order valence-electron chi connectivity index (χ3n) is 3.37. The summed E-state index contributed by atoms with van der Waals surface area (Å²) in [4.78, 5) is 9.78. The van der Waals surface area contributed by atoms with E-state index in [0.717, 1.165) is 25.4 Å². The van der Waals surface area contributed by atoms with Gasteiger partial charge in [-0.25, -0.2) is 19.0 Å². The number of halogens is 1. The van der Waals surface area contributed by atoms with E-state index in [9.17, 15) is 9.50 Å². The van der Waals surface area contributed by atoms with Crippen molar-refractivity contribution >= 4 is 5.95 Å². The first-order valence-corrected chi connectivity index (χ1v) is 6.44. The molecule has 1 saturated heterocycles. The normalized spacial score (nSPS) is 23.0. The molecule has 1 fully saturated rings. The minimum absolute atomic E-state index is 0.366. The van der Waals surface area contributed by atoms with E-state index in [1.165, 1.54) is 0 Å². The minimum Gasteiger partial charge on any atom is -0.386 e. The molecule has 106 valence electrons. The fourth-order valence-corrected chi connectivity index (χ4v) is 2.50. The number of β-amino-alcohol motifs (C(OH)–C–C–N with tert-alkyl or cyclic N) is 1. The molecule has 2 aromatic rings. The molecular formula is C12H15FN6O. The number of anilines is 1. The highest BCUT2D eigenvalue weighted by Crippen LogP contribution is 2.25. The number of aliphatic hydroxyl groups is 1. The summed E-state index contributed by atoms with van der Waals surface area (Å²) in [5, 5.41) is 18.3. The van der Waals surface area contributed by atoms with Crippen LogP contribution in [-0.4, -0.2) is 48.8 Å². The van der Waals surface area contributed by atoms with Crippen molar-refractivity contribution in [2.24, 2.45) is 0 Å². The second kappa shape index (κ2) is 5.12. The van der Waals surface area contributed by atoms with Crippen molar-refractivity contribution in [2.45, 2.75) is 25.0 Å². The highest BCUT2D eigenvalue weighted by atomic mass is 19.1. The Balaban J connectivity index is 1.74. The Hall–Kier alpha value is -2.09. The van der Waals surface area contributed by atoms with Gasteiger partial charge in [-0.3, -0.25) is 0 Å². The molecule has 8 heteroatoms. The summed E-state index contributed by atoms with van der Waals surface area (Å²) < 4.78 is 14.5. The first-order chi connectivity index (χ1) is 9.65. The molecule has 1 N–H and O–H groups in total. The van der Waals surface area contributed by atoms with Crippen LogP contribution in [0.2, 0.25) is 0 Å². The quantitative estimate of drug-likeness (QED) is 0.866. The van der Waals surface area contributed by atoms with Gasteiger partial charge in [-0.05, 0) is 12.8 Å². The first-order valence-electron chi connectivity index (χ1n) is 6.44. The van der Waals surface area contributed by atoms with Crippen LogP contribution in [0.15, 0.2) is 24.8 Å². The van der Waals surface area contributed by atoms with E-state index in [-0.39, 0.29) is 0 Å². The standard InChI is InChI=1S/C12H15FN6O/c13-10-6-14-11(15-7-10)18-4-1-2-12(20,8-18)9-19-5-3-16-17-19/h3,5-7,20H,1-2,4,8-9H2. The van der Waals surface area contributed by atoms with Crippen LogP contribution in [0.25, 0.3) is 0 Å². The summed E-state index contributed by atoms with van der Waals surface area (Å²) in [6.07, 6.45) is 7.04. The van der Waals surface area contributed by atoms with E-state index in [0.29, 0.717) is 25.5 Å². The van der Waals surface area contributed by atoms with Crippen molar-refractivity contribution in [1.82, 2.24) is 25.0 Å². The van der Waals surface area contributed by atoms with Crippen LogP contribution in [0.3, 0.4) is 0 Å². The van der Waals surface area contributed by atoms with E-state index in [1.54, 1.807) is 17.1 Å². The lowest BCUT2D eigenvalue weighted by Gasteiger charge is -2.38. The molecule has 3 heterocycles. The van der Waals surface area contributed by atoms with Gasteiger partial charge in [-0.2, -0.15) is 0 Å². The molecule has 0 aliphatic carbocycles. The summed E-state index contributed by atoms with van der Waals surface area (Å²) >= 11 is 0. The fraction of sp³-hybridized carbons (Fsp3) is 0.500. The van der Waals surface area contributed by atoms with Gasteiger partial charge in [0.2, 0.25) is 5.95 Å². The van der Waals surface area contributed by atoms with Crippen LogP contribution < -0.4 is 4.90 Å². The zero-order valence-electron chi connectivity index (χ0n) is 10.9. The summed E-state index contributed by atoms with van der Waals surface area (Å²) in [7, 11) is 0. The van der Waals surface area contributed by atoms with E-state index in [4.69, 9.17) is 0 Å². The van der Waals surface area contributed by atoms with Gasteiger partial charge in [-0.1, -0.05) is 5.21 Å². The third-order valence-corrected chi connectivity index (χ3v) is 3.37. The van der Waals surface area contributed by atoms with Gasteiger partial charge in [-0.15, -0.1) is 5.10 Å². The highest BCUT2D eigenvalue weighted by Gasteiger charge is 2.35. The highest BCUT2D eigenvalue weighted by molar-refractivity contribution is 5.30. The van der Waals surface area contributed by atoms with Gasteiger partial charge in [0.25, 0.3) is 0 Å². The predicted octanol–water partition coefficient (Wildman–Crippen LogP) is 0.239. The lowest BCUT2D eigenvalue weighted by molar-refractivity contribution is 0.00564. The number of rotatable bonds is 3. The summed E-state index contributed by atoms with van der Waals surface area (Å²) in [6, 6.07) is 0. The van der Waals surface area contributed by atoms with Crippen LogP contribution in [0.4, 0.5) is 10.3 Å². The lowest BCUT2D eigenvalue weighted by atomic mass is 9.93. The molecular weight excluding hydrogens is 263 g/mol. The molecule has 0 spiro atoms. The van der Waals surface area contributed by atoms with Crippen LogP contribution in [0, 0.1) is 5.82 Å². The SMILES string of the molecule is OC1(Cn2ccnn2)CCCN(c2ncc(F)cn2)C1. The molecule has 0 radical (unpaired) electrons. The second-order valence-corrected chi connectivity index (χ2v) is 5.05. The summed E-state index contributed by atoms with van der Waals surface area (Å²) in [5.41, 5.74) is -0.913. The topological polar surface area (TPSA) is 80.0 Å². The zero-order valence-corrected chi connectivity index (χ0v) is 10.9. The average Bonchev–Trinajstić information content (AvgIpc) is 2.91. The Morgan fingerprint density at radius 3 is 2.85 bits per heavy atom. The van der Waals surface area contributed by atoms with Crippen LogP contribution in [-0.2, 0) is 6.54 Å². The Bertz CT molecular complexity index is 560. The van der Waals surface area contributed by atoms with E-state index in [1.807, 2.05) is 4.90 Å². The minimum atomic E-state index is -0.913. The molecule has 0 bridgehead atoms. The summed E-state index contributed by atoms with van der Waals surface area (Å²) in [5.74, 6) is -0.0354. The molecule has 7 nitrogen and oxygen atoms in total. The Morgan fingerprint density at radius 1 is 1.35 bits per heavy atom. The Kier molecular flexibility index (Phi) is 3.31. The van der Waals surface area contributed by atoms with Gasteiger partial charge in [0.15, 0.2) is 5.82 Å². The number of piperidine rings is 1. The van der Waals surface area contributed by atoms with Gasteiger partial charge >= 0.3 is 0 Å². The molecule has 1 aliphatic heterocycles.